The fraction of sp³-hybridized carbons (Fsp3) is 0.364. The fourth-order valence-corrected chi connectivity index (χ4v) is 4.18. The Bertz CT molecular complexity index is 1020. The van der Waals surface area contributed by atoms with Crippen molar-refractivity contribution in [2.24, 2.45) is 5.41 Å². The number of hydrogen-bond acceptors (Lipinski definition) is 5. The number of cyclic esters (lactones) is 1. The van der Waals surface area contributed by atoms with Crippen LogP contribution >= 0.6 is 0 Å². The van der Waals surface area contributed by atoms with Crippen molar-refractivity contribution >= 4 is 23.4 Å². The maximum atomic E-state index is 14.7. The molecule has 3 heterocycles. The van der Waals surface area contributed by atoms with E-state index in [4.69, 9.17) is 9.47 Å². The quantitative estimate of drug-likeness (QED) is 0.791. The second-order valence-electron chi connectivity index (χ2n) is 8.32. The summed E-state index contributed by atoms with van der Waals surface area (Å²) in [6, 6.07) is 9.85. The minimum Gasteiger partial charge on any atom is -0.442 e. The first kappa shape index (κ1) is 19.7. The van der Waals surface area contributed by atoms with Crippen LogP contribution in [0.25, 0.3) is 0 Å². The maximum absolute atomic E-state index is 14.7. The van der Waals surface area contributed by atoms with Crippen molar-refractivity contribution in [2.45, 2.75) is 6.10 Å². The van der Waals surface area contributed by atoms with Crippen LogP contribution in [0.15, 0.2) is 42.5 Å². The molecule has 3 aliphatic rings. The van der Waals surface area contributed by atoms with Crippen molar-refractivity contribution in [3.63, 3.8) is 0 Å². The third kappa shape index (κ3) is 3.69. The van der Waals surface area contributed by atoms with E-state index in [2.05, 4.69) is 5.32 Å². The number of benzene rings is 2. The number of halogens is 2. The van der Waals surface area contributed by atoms with Gasteiger partial charge in [0.2, 0.25) is 0 Å². The number of hydrogen-bond donors (Lipinski definition) is 1. The predicted octanol–water partition coefficient (Wildman–Crippen LogP) is 2.56. The van der Waals surface area contributed by atoms with Gasteiger partial charge in [0.25, 0.3) is 5.91 Å². The highest BCUT2D eigenvalue weighted by Gasteiger charge is 2.49. The summed E-state index contributed by atoms with van der Waals surface area (Å²) in [6.07, 6.45) is -1.17. The molecule has 0 radical (unpaired) electrons. The molecule has 1 N–H and O–H groups in total. The molecule has 3 fully saturated rings. The van der Waals surface area contributed by atoms with E-state index >= 15 is 0 Å². The highest BCUT2D eigenvalue weighted by Crippen LogP contribution is 2.41. The van der Waals surface area contributed by atoms with E-state index in [-0.39, 0.29) is 18.5 Å². The van der Waals surface area contributed by atoms with Crippen molar-refractivity contribution in [1.29, 1.82) is 0 Å². The van der Waals surface area contributed by atoms with Crippen LogP contribution in [0, 0.1) is 17.0 Å². The third-order valence-electron chi connectivity index (χ3n) is 5.92. The molecule has 31 heavy (non-hydrogen) atoms. The van der Waals surface area contributed by atoms with E-state index in [9.17, 15) is 18.4 Å². The van der Waals surface area contributed by atoms with Gasteiger partial charge in [-0.15, -0.1) is 0 Å². The molecule has 9 heteroatoms. The summed E-state index contributed by atoms with van der Waals surface area (Å²) < 4.78 is 38.2. The van der Waals surface area contributed by atoms with Crippen LogP contribution in [-0.2, 0) is 9.47 Å². The topological polar surface area (TPSA) is 71.1 Å². The van der Waals surface area contributed by atoms with Gasteiger partial charge in [-0.25, -0.2) is 13.6 Å². The standard InChI is InChI=1S/C22H21F2N3O4/c23-15-3-1-14(2-4-15)20(28)25-8-17-9-27(21(29)31-17)16-5-6-19(18(24)7-16)26-10-22(11-26)12-30-13-22/h1-7,17H,8-13H2,(H,25,28)/t17-/m0/s1. The average molecular weight is 429 g/mol. The number of carbonyl (C=O) groups is 2. The first-order valence-corrected chi connectivity index (χ1v) is 10.1. The number of rotatable bonds is 5. The van der Waals surface area contributed by atoms with Gasteiger partial charge < -0.3 is 19.7 Å². The minimum atomic E-state index is -0.595. The highest BCUT2D eigenvalue weighted by molar-refractivity contribution is 5.94. The van der Waals surface area contributed by atoms with Crippen molar-refractivity contribution in [2.75, 3.05) is 49.2 Å². The lowest BCUT2D eigenvalue weighted by atomic mass is 9.78. The van der Waals surface area contributed by atoms with E-state index in [1.54, 1.807) is 12.1 Å². The summed E-state index contributed by atoms with van der Waals surface area (Å²) in [5, 5.41) is 2.67. The van der Waals surface area contributed by atoms with Gasteiger partial charge in [-0.1, -0.05) is 0 Å². The molecule has 1 spiro atoms. The van der Waals surface area contributed by atoms with Gasteiger partial charge in [0.05, 0.1) is 43.1 Å². The lowest BCUT2D eigenvalue weighted by Gasteiger charge is -2.56. The largest absolute Gasteiger partial charge is 0.442 e. The van der Waals surface area contributed by atoms with E-state index in [1.807, 2.05) is 4.90 Å². The Morgan fingerprint density at radius 2 is 1.87 bits per heavy atom. The molecular formula is C22H21F2N3O4. The summed E-state index contributed by atoms with van der Waals surface area (Å²) in [6.45, 7) is 3.27. The summed E-state index contributed by atoms with van der Waals surface area (Å²) in [7, 11) is 0. The van der Waals surface area contributed by atoms with Gasteiger partial charge in [-0.3, -0.25) is 9.69 Å². The Morgan fingerprint density at radius 3 is 2.52 bits per heavy atom. The van der Waals surface area contributed by atoms with Gasteiger partial charge in [0, 0.05) is 18.7 Å². The highest BCUT2D eigenvalue weighted by atomic mass is 19.1. The second-order valence-corrected chi connectivity index (χ2v) is 8.32. The maximum Gasteiger partial charge on any atom is 0.414 e. The van der Waals surface area contributed by atoms with E-state index in [1.165, 1.54) is 35.2 Å². The van der Waals surface area contributed by atoms with Gasteiger partial charge in [-0.2, -0.15) is 0 Å². The first-order chi connectivity index (χ1) is 14.9. The number of nitrogens with zero attached hydrogens (tertiary/aromatic N) is 2. The van der Waals surface area contributed by atoms with Crippen molar-refractivity contribution in [3.05, 3.63) is 59.7 Å². The van der Waals surface area contributed by atoms with Gasteiger partial charge in [-0.05, 0) is 42.5 Å². The molecule has 0 unspecified atom stereocenters. The third-order valence-corrected chi connectivity index (χ3v) is 5.92. The van der Waals surface area contributed by atoms with Crippen molar-refractivity contribution in [1.82, 2.24) is 5.32 Å². The Hall–Kier alpha value is -3.20. The second kappa shape index (κ2) is 7.49. The van der Waals surface area contributed by atoms with E-state index < -0.39 is 29.7 Å². The lowest BCUT2D eigenvalue weighted by molar-refractivity contribution is -0.127. The number of carbonyl (C=O) groups excluding carboxylic acids is 2. The van der Waals surface area contributed by atoms with Crippen LogP contribution in [0.4, 0.5) is 25.0 Å². The van der Waals surface area contributed by atoms with E-state index in [0.29, 0.717) is 16.9 Å². The minimum absolute atomic E-state index is 0.0942. The summed E-state index contributed by atoms with van der Waals surface area (Å²) in [4.78, 5) is 27.7. The molecule has 7 nitrogen and oxygen atoms in total. The molecule has 2 aromatic rings. The zero-order valence-corrected chi connectivity index (χ0v) is 16.6. The van der Waals surface area contributed by atoms with Crippen LogP contribution in [-0.4, -0.2) is 57.5 Å². The Balaban J connectivity index is 1.18. The molecule has 0 saturated carbocycles. The SMILES string of the molecule is O=C(NC[C@H]1CN(c2ccc(N3CC4(COC4)C3)c(F)c2)C(=O)O1)c1ccc(F)cc1. The summed E-state index contributed by atoms with van der Waals surface area (Å²) in [5.41, 5.74) is 1.40. The van der Waals surface area contributed by atoms with Crippen LogP contribution in [0.5, 0.6) is 0 Å². The number of ether oxygens (including phenoxy) is 2. The molecule has 0 aliphatic carbocycles. The van der Waals surface area contributed by atoms with Crippen molar-refractivity contribution < 1.29 is 27.8 Å². The molecule has 3 aliphatic heterocycles. The lowest BCUT2D eigenvalue weighted by Crippen LogP contribution is -2.66. The molecule has 5 rings (SSSR count). The van der Waals surface area contributed by atoms with Crippen LogP contribution in [0.2, 0.25) is 0 Å². The smallest absolute Gasteiger partial charge is 0.414 e. The summed E-state index contributed by atoms with van der Waals surface area (Å²) >= 11 is 0. The predicted molar refractivity (Wildman–Crippen MR) is 108 cm³/mol. The number of amides is 2. The molecular weight excluding hydrogens is 408 g/mol. The normalized spacial score (nSPS) is 21.5. The van der Waals surface area contributed by atoms with Gasteiger partial charge in [0.15, 0.2) is 0 Å². The molecule has 0 bridgehead atoms. The molecule has 1 atom stereocenters. The monoisotopic (exact) mass is 429 g/mol. The van der Waals surface area contributed by atoms with Crippen LogP contribution < -0.4 is 15.1 Å². The Morgan fingerprint density at radius 1 is 1.13 bits per heavy atom. The van der Waals surface area contributed by atoms with Crippen LogP contribution in [0.1, 0.15) is 10.4 Å². The van der Waals surface area contributed by atoms with Gasteiger partial charge >= 0.3 is 6.09 Å². The van der Waals surface area contributed by atoms with Crippen LogP contribution in [0.3, 0.4) is 0 Å². The Labute approximate surface area is 177 Å². The summed E-state index contributed by atoms with van der Waals surface area (Å²) in [5.74, 6) is -1.22. The average Bonchev–Trinajstić information content (AvgIpc) is 3.06. The molecule has 162 valence electrons. The first-order valence-electron chi connectivity index (χ1n) is 10.1. The van der Waals surface area contributed by atoms with E-state index in [0.717, 1.165) is 26.3 Å². The zero-order chi connectivity index (χ0) is 21.6. The fourth-order valence-electron chi connectivity index (χ4n) is 4.18. The molecule has 3 saturated heterocycles. The van der Waals surface area contributed by atoms with Gasteiger partial charge in [0.1, 0.15) is 17.7 Å². The molecule has 2 aromatic carbocycles. The number of anilines is 2. The molecule has 2 amide bonds. The van der Waals surface area contributed by atoms with Crippen molar-refractivity contribution in [3.8, 4) is 0 Å². The Kier molecular flexibility index (Phi) is 4.77. The zero-order valence-electron chi connectivity index (χ0n) is 16.6. The molecule has 0 aromatic heterocycles. The number of nitrogens with one attached hydrogen (secondary N) is 1.